The van der Waals surface area contributed by atoms with Crippen molar-refractivity contribution in [2.24, 2.45) is 7.05 Å². The van der Waals surface area contributed by atoms with Crippen molar-refractivity contribution in [2.75, 3.05) is 7.11 Å². The van der Waals surface area contributed by atoms with Gasteiger partial charge in [0.2, 0.25) is 0 Å². The number of fused-ring (bicyclic) bond motifs is 1. The van der Waals surface area contributed by atoms with Gasteiger partial charge in [-0.25, -0.2) is 4.98 Å². The molecule has 0 unspecified atom stereocenters. The van der Waals surface area contributed by atoms with Crippen LogP contribution in [0.15, 0.2) is 55.1 Å². The van der Waals surface area contributed by atoms with Crippen molar-refractivity contribution in [1.29, 1.82) is 0 Å². The Morgan fingerprint density at radius 2 is 2.00 bits per heavy atom. The van der Waals surface area contributed by atoms with Gasteiger partial charge in [0.15, 0.2) is 0 Å². The maximum absolute atomic E-state index is 5.32. The number of nitrogens with zero attached hydrogens (tertiary/aromatic N) is 3. The van der Waals surface area contributed by atoms with Gasteiger partial charge in [-0.2, -0.15) is 5.10 Å². The van der Waals surface area contributed by atoms with Crippen LogP contribution in [0.1, 0.15) is 0 Å². The first-order valence-electron chi connectivity index (χ1n) is 7.35. The van der Waals surface area contributed by atoms with E-state index in [1.807, 2.05) is 50.0 Å². The zero-order valence-corrected chi connectivity index (χ0v) is 12.9. The monoisotopic (exact) mass is 304 g/mol. The number of hydrogen-bond donors (Lipinski definition) is 1. The number of aryl methyl sites for hydroxylation is 1. The Balaban J connectivity index is 1.87. The molecule has 5 heteroatoms. The van der Waals surface area contributed by atoms with Crippen molar-refractivity contribution >= 4 is 11.0 Å². The minimum atomic E-state index is 0.841. The number of pyridine rings is 1. The van der Waals surface area contributed by atoms with Crippen molar-refractivity contribution in [2.45, 2.75) is 0 Å². The first-order chi connectivity index (χ1) is 11.2. The lowest BCUT2D eigenvalue weighted by atomic mass is 10.0. The van der Waals surface area contributed by atoms with Crippen LogP contribution >= 0.6 is 0 Å². The largest absolute Gasteiger partial charge is 0.497 e. The Kier molecular flexibility index (Phi) is 3.12. The van der Waals surface area contributed by atoms with Crippen molar-refractivity contribution in [3.63, 3.8) is 0 Å². The molecule has 0 saturated carbocycles. The summed E-state index contributed by atoms with van der Waals surface area (Å²) in [6.45, 7) is 0. The molecule has 1 aromatic carbocycles. The van der Waals surface area contributed by atoms with E-state index in [0.29, 0.717) is 0 Å². The van der Waals surface area contributed by atoms with Crippen molar-refractivity contribution in [3.05, 3.63) is 55.1 Å². The standard InChI is InChI=1S/C18H16N4O/c1-22-11-14(9-21-22)13-7-16-17(10-20-18(16)19-8-13)12-4-3-5-15(6-12)23-2/h3-11H,1-2H3,(H,19,20). The van der Waals surface area contributed by atoms with E-state index in [4.69, 9.17) is 4.74 Å². The highest BCUT2D eigenvalue weighted by molar-refractivity contribution is 5.95. The Hall–Kier alpha value is -3.08. The Morgan fingerprint density at radius 3 is 2.78 bits per heavy atom. The van der Waals surface area contributed by atoms with Gasteiger partial charge in [0.1, 0.15) is 11.4 Å². The molecule has 0 saturated heterocycles. The van der Waals surface area contributed by atoms with E-state index in [1.54, 1.807) is 11.8 Å². The summed E-state index contributed by atoms with van der Waals surface area (Å²) >= 11 is 0. The van der Waals surface area contributed by atoms with Crippen LogP contribution in [0, 0.1) is 0 Å². The highest BCUT2D eigenvalue weighted by Crippen LogP contribution is 2.32. The van der Waals surface area contributed by atoms with Crippen molar-refractivity contribution < 1.29 is 4.74 Å². The second-order valence-corrected chi connectivity index (χ2v) is 5.46. The second kappa shape index (κ2) is 5.28. The molecule has 0 atom stereocenters. The lowest BCUT2D eigenvalue weighted by Gasteiger charge is -2.04. The fourth-order valence-electron chi connectivity index (χ4n) is 2.76. The topological polar surface area (TPSA) is 55.7 Å². The van der Waals surface area contributed by atoms with Crippen LogP contribution < -0.4 is 4.74 Å². The van der Waals surface area contributed by atoms with Crippen LogP contribution in [0.5, 0.6) is 5.75 Å². The second-order valence-electron chi connectivity index (χ2n) is 5.46. The van der Waals surface area contributed by atoms with E-state index in [-0.39, 0.29) is 0 Å². The Labute approximate surface area is 133 Å². The number of ether oxygens (including phenoxy) is 1. The van der Waals surface area contributed by atoms with Crippen LogP contribution in [0.2, 0.25) is 0 Å². The third-order valence-electron chi connectivity index (χ3n) is 3.95. The molecule has 0 spiro atoms. The molecule has 0 radical (unpaired) electrons. The number of nitrogens with one attached hydrogen (secondary N) is 1. The lowest BCUT2D eigenvalue weighted by Crippen LogP contribution is -1.85. The lowest BCUT2D eigenvalue weighted by molar-refractivity contribution is 0.415. The van der Waals surface area contributed by atoms with Crippen LogP contribution in [-0.4, -0.2) is 26.9 Å². The van der Waals surface area contributed by atoms with E-state index in [2.05, 4.69) is 27.2 Å². The fourth-order valence-corrected chi connectivity index (χ4v) is 2.76. The molecule has 0 fully saturated rings. The summed E-state index contributed by atoms with van der Waals surface area (Å²) in [6.07, 6.45) is 7.69. The van der Waals surface area contributed by atoms with Gasteiger partial charge < -0.3 is 9.72 Å². The number of methoxy groups -OCH3 is 1. The van der Waals surface area contributed by atoms with E-state index >= 15 is 0 Å². The molecule has 1 N–H and O–H groups in total. The van der Waals surface area contributed by atoms with Gasteiger partial charge in [0.05, 0.1) is 13.3 Å². The predicted octanol–water partition coefficient (Wildman–Crippen LogP) is 3.64. The number of aromatic nitrogens is 4. The molecule has 0 aliphatic rings. The summed E-state index contributed by atoms with van der Waals surface area (Å²) < 4.78 is 7.12. The Morgan fingerprint density at radius 1 is 1.09 bits per heavy atom. The highest BCUT2D eigenvalue weighted by Gasteiger charge is 2.10. The first kappa shape index (κ1) is 13.6. The van der Waals surface area contributed by atoms with Crippen LogP contribution in [0.4, 0.5) is 0 Å². The van der Waals surface area contributed by atoms with E-state index in [9.17, 15) is 0 Å². The summed E-state index contributed by atoms with van der Waals surface area (Å²) in [7, 11) is 3.59. The van der Waals surface area contributed by atoms with Gasteiger partial charge in [-0.3, -0.25) is 4.68 Å². The number of aromatic amines is 1. The summed E-state index contributed by atoms with van der Waals surface area (Å²) in [5, 5.41) is 5.31. The molecule has 3 aromatic heterocycles. The first-order valence-corrected chi connectivity index (χ1v) is 7.35. The van der Waals surface area contributed by atoms with Gasteiger partial charge in [0.25, 0.3) is 0 Å². The third kappa shape index (κ3) is 2.36. The van der Waals surface area contributed by atoms with Crippen molar-refractivity contribution in [3.8, 4) is 28.0 Å². The summed E-state index contributed by atoms with van der Waals surface area (Å²) in [5.41, 5.74) is 5.18. The van der Waals surface area contributed by atoms with Gasteiger partial charge in [0, 0.05) is 47.7 Å². The van der Waals surface area contributed by atoms with Crippen LogP contribution in [-0.2, 0) is 7.05 Å². The fraction of sp³-hybridized carbons (Fsp3) is 0.111. The molecule has 0 amide bonds. The molecule has 4 aromatic rings. The molecule has 5 nitrogen and oxygen atoms in total. The zero-order chi connectivity index (χ0) is 15.8. The summed E-state index contributed by atoms with van der Waals surface area (Å²) in [5.74, 6) is 0.841. The van der Waals surface area contributed by atoms with E-state index < -0.39 is 0 Å². The van der Waals surface area contributed by atoms with Gasteiger partial charge >= 0.3 is 0 Å². The maximum Gasteiger partial charge on any atom is 0.137 e. The average molecular weight is 304 g/mol. The quantitative estimate of drug-likeness (QED) is 0.628. The molecule has 0 bridgehead atoms. The molecule has 0 aliphatic heterocycles. The molecule has 0 aliphatic carbocycles. The number of H-pyrrole nitrogens is 1. The molecule has 23 heavy (non-hydrogen) atoms. The van der Waals surface area contributed by atoms with Crippen LogP contribution in [0.3, 0.4) is 0 Å². The van der Waals surface area contributed by atoms with Gasteiger partial charge in [-0.15, -0.1) is 0 Å². The smallest absolute Gasteiger partial charge is 0.137 e. The predicted molar refractivity (Wildman–Crippen MR) is 90.3 cm³/mol. The molecular weight excluding hydrogens is 288 g/mol. The zero-order valence-electron chi connectivity index (χ0n) is 12.9. The summed E-state index contributed by atoms with van der Waals surface area (Å²) in [6, 6.07) is 10.2. The number of rotatable bonds is 3. The highest BCUT2D eigenvalue weighted by atomic mass is 16.5. The van der Waals surface area contributed by atoms with Gasteiger partial charge in [-0.05, 0) is 23.8 Å². The molecule has 3 heterocycles. The van der Waals surface area contributed by atoms with E-state index in [1.165, 1.54) is 0 Å². The number of hydrogen-bond acceptors (Lipinski definition) is 3. The molecule has 4 rings (SSSR count). The SMILES string of the molecule is COc1cccc(-c2c[nH]c3ncc(-c4cnn(C)c4)cc23)c1. The minimum absolute atomic E-state index is 0.841. The van der Waals surface area contributed by atoms with E-state index in [0.717, 1.165) is 39.0 Å². The normalized spacial score (nSPS) is 11.0. The maximum atomic E-state index is 5.32. The molecular formula is C18H16N4O. The average Bonchev–Trinajstić information content (AvgIpc) is 3.20. The van der Waals surface area contributed by atoms with Crippen LogP contribution in [0.25, 0.3) is 33.3 Å². The third-order valence-corrected chi connectivity index (χ3v) is 3.95. The Bertz CT molecular complexity index is 984. The summed E-state index contributed by atoms with van der Waals surface area (Å²) in [4.78, 5) is 7.77. The number of benzene rings is 1. The minimum Gasteiger partial charge on any atom is -0.497 e. The van der Waals surface area contributed by atoms with Gasteiger partial charge in [-0.1, -0.05) is 12.1 Å². The van der Waals surface area contributed by atoms with Crippen molar-refractivity contribution in [1.82, 2.24) is 19.7 Å². The molecule has 114 valence electrons.